The number of allylic oxidation sites excluding steroid dienone is 14. The highest BCUT2D eigenvalue weighted by Gasteiger charge is 2.19. The molecule has 0 aliphatic rings. The predicted molar refractivity (Wildman–Crippen MR) is 316 cm³/mol. The van der Waals surface area contributed by atoms with Gasteiger partial charge in [0, 0.05) is 19.3 Å². The highest BCUT2D eigenvalue weighted by Crippen LogP contribution is 2.16. The molecule has 1 unspecified atom stereocenters. The van der Waals surface area contributed by atoms with E-state index in [1.165, 1.54) is 154 Å². The van der Waals surface area contributed by atoms with E-state index in [0.717, 1.165) is 109 Å². The van der Waals surface area contributed by atoms with Gasteiger partial charge in [-0.25, -0.2) is 0 Å². The summed E-state index contributed by atoms with van der Waals surface area (Å²) in [6.45, 7) is 6.45. The van der Waals surface area contributed by atoms with Gasteiger partial charge in [0.1, 0.15) is 13.2 Å². The molecule has 0 rings (SSSR count). The fraction of sp³-hybridized carbons (Fsp3) is 0.746. The minimum atomic E-state index is -0.780. The third kappa shape index (κ3) is 59.3. The number of hydrogen-bond donors (Lipinski definition) is 0. The molecule has 0 heterocycles. The Bertz CT molecular complexity index is 1400. The van der Waals surface area contributed by atoms with Crippen molar-refractivity contribution in [3.8, 4) is 0 Å². The zero-order valence-electron chi connectivity index (χ0n) is 48.1. The van der Waals surface area contributed by atoms with Crippen molar-refractivity contribution in [2.75, 3.05) is 13.2 Å². The van der Waals surface area contributed by atoms with E-state index in [2.05, 4.69) is 106 Å². The Morgan fingerprint density at radius 3 is 0.849 bits per heavy atom. The van der Waals surface area contributed by atoms with Crippen LogP contribution in [0.25, 0.3) is 0 Å². The Hall–Kier alpha value is -3.41. The van der Waals surface area contributed by atoms with E-state index >= 15 is 0 Å². The molecule has 0 amide bonds. The lowest BCUT2D eigenvalue weighted by atomic mass is 10.0. The van der Waals surface area contributed by atoms with Gasteiger partial charge < -0.3 is 14.2 Å². The molecule has 0 saturated heterocycles. The van der Waals surface area contributed by atoms with Crippen LogP contribution in [0.3, 0.4) is 0 Å². The smallest absolute Gasteiger partial charge is 0.306 e. The van der Waals surface area contributed by atoms with E-state index in [9.17, 15) is 14.4 Å². The molecule has 0 fully saturated rings. The van der Waals surface area contributed by atoms with Gasteiger partial charge in [-0.2, -0.15) is 0 Å². The Kier molecular flexibility index (Phi) is 58.3. The van der Waals surface area contributed by atoms with Gasteiger partial charge in [-0.3, -0.25) is 14.4 Å². The van der Waals surface area contributed by atoms with Crippen LogP contribution in [0.5, 0.6) is 0 Å². The minimum Gasteiger partial charge on any atom is -0.462 e. The number of esters is 3. The number of unbranched alkanes of at least 4 members (excludes halogenated alkanes) is 31. The van der Waals surface area contributed by atoms with E-state index in [1.807, 2.05) is 0 Å². The largest absolute Gasteiger partial charge is 0.462 e. The molecule has 420 valence electrons. The lowest BCUT2D eigenvalue weighted by molar-refractivity contribution is -0.167. The summed E-state index contributed by atoms with van der Waals surface area (Å²) >= 11 is 0. The Morgan fingerprint density at radius 1 is 0.288 bits per heavy atom. The van der Waals surface area contributed by atoms with Crippen molar-refractivity contribution in [2.24, 2.45) is 0 Å². The third-order valence-electron chi connectivity index (χ3n) is 13.4. The van der Waals surface area contributed by atoms with Crippen molar-refractivity contribution >= 4 is 17.9 Å². The molecule has 0 spiro atoms. The van der Waals surface area contributed by atoms with Gasteiger partial charge >= 0.3 is 17.9 Å². The minimum absolute atomic E-state index is 0.0794. The van der Waals surface area contributed by atoms with E-state index in [-0.39, 0.29) is 31.1 Å². The maximum Gasteiger partial charge on any atom is 0.306 e. The van der Waals surface area contributed by atoms with E-state index < -0.39 is 6.10 Å². The maximum atomic E-state index is 12.8. The molecule has 6 nitrogen and oxygen atoms in total. The van der Waals surface area contributed by atoms with E-state index in [1.54, 1.807) is 0 Å². The molecular formula is C67H116O6. The van der Waals surface area contributed by atoms with Crippen LogP contribution in [0.1, 0.15) is 303 Å². The maximum absolute atomic E-state index is 12.8. The number of carbonyl (C=O) groups is 3. The lowest BCUT2D eigenvalue weighted by Crippen LogP contribution is -2.30. The van der Waals surface area contributed by atoms with Crippen molar-refractivity contribution in [2.45, 2.75) is 309 Å². The summed E-state index contributed by atoms with van der Waals surface area (Å²) in [6.07, 6.45) is 80.4. The first-order chi connectivity index (χ1) is 36.0. The number of carbonyl (C=O) groups excluding carboxylic acids is 3. The fourth-order valence-electron chi connectivity index (χ4n) is 8.67. The zero-order valence-corrected chi connectivity index (χ0v) is 48.1. The number of hydrogen-bond acceptors (Lipinski definition) is 6. The zero-order chi connectivity index (χ0) is 52.9. The second kappa shape index (κ2) is 61.1. The van der Waals surface area contributed by atoms with E-state index in [4.69, 9.17) is 14.2 Å². The summed E-state index contributed by atoms with van der Waals surface area (Å²) in [5.74, 6) is -0.891. The standard InChI is InChI=1S/C67H116O6/c1-4-7-10-13-16-19-22-23-24-25-26-27-28-29-30-31-32-33-34-35-36-37-38-39-40-41-42-43-46-48-51-54-57-60-66(69)72-63-64(73-67(70)61-58-55-52-49-45-21-18-15-12-9-6-3)62-71-65(68)59-56-53-50-47-44-20-17-14-11-8-5-2/h7,10,14-19,23-24,26-27,29-30,64H,4-6,8-9,11-13,20-22,25,28,31-63H2,1-3H3/b10-7-,17-14-,18-15-,19-16-,24-23-,27-26-,30-29-. The molecule has 0 aromatic heterocycles. The van der Waals surface area contributed by atoms with Gasteiger partial charge in [0.15, 0.2) is 6.10 Å². The molecule has 0 bridgehead atoms. The van der Waals surface area contributed by atoms with E-state index in [0.29, 0.717) is 19.3 Å². The van der Waals surface area contributed by atoms with Crippen LogP contribution in [0.2, 0.25) is 0 Å². The van der Waals surface area contributed by atoms with Gasteiger partial charge in [-0.05, 0) is 103 Å². The first kappa shape index (κ1) is 69.6. The molecule has 0 radical (unpaired) electrons. The summed E-state index contributed by atoms with van der Waals surface area (Å²) in [7, 11) is 0. The SMILES string of the molecule is CC/C=C\C/C=C\C/C=C\C/C=C\C/C=C\CCCCCCCCCCCCCCCCCCCC(=O)OCC(COC(=O)CCCCCCC/C=C\CCCC)OC(=O)CCCCCCC/C=C\CCCC. The Labute approximate surface area is 452 Å². The summed E-state index contributed by atoms with van der Waals surface area (Å²) in [5.41, 5.74) is 0. The summed E-state index contributed by atoms with van der Waals surface area (Å²) in [4.78, 5) is 38.0. The molecule has 1 atom stereocenters. The van der Waals surface area contributed by atoms with Gasteiger partial charge in [0.25, 0.3) is 0 Å². The molecule has 6 heteroatoms. The first-order valence-corrected chi connectivity index (χ1v) is 31.1. The van der Waals surface area contributed by atoms with Crippen molar-refractivity contribution < 1.29 is 28.6 Å². The average molecular weight is 1020 g/mol. The molecule has 73 heavy (non-hydrogen) atoms. The fourth-order valence-corrected chi connectivity index (χ4v) is 8.67. The number of rotatable bonds is 56. The quantitative estimate of drug-likeness (QED) is 0.0261. The molecule has 0 aliphatic carbocycles. The van der Waals surface area contributed by atoms with Crippen molar-refractivity contribution in [3.63, 3.8) is 0 Å². The Balaban J connectivity index is 4.05. The summed E-state index contributed by atoms with van der Waals surface area (Å²) < 4.78 is 16.8. The van der Waals surface area contributed by atoms with Crippen LogP contribution in [0, 0.1) is 0 Å². The second-order valence-electron chi connectivity index (χ2n) is 20.6. The topological polar surface area (TPSA) is 78.9 Å². The van der Waals surface area contributed by atoms with Crippen LogP contribution in [-0.2, 0) is 28.6 Å². The second-order valence-corrected chi connectivity index (χ2v) is 20.6. The van der Waals surface area contributed by atoms with Gasteiger partial charge in [-0.15, -0.1) is 0 Å². The highest BCUT2D eigenvalue weighted by atomic mass is 16.6. The molecule has 0 aliphatic heterocycles. The predicted octanol–water partition coefficient (Wildman–Crippen LogP) is 21.1. The normalized spacial score (nSPS) is 12.6. The third-order valence-corrected chi connectivity index (χ3v) is 13.4. The first-order valence-electron chi connectivity index (χ1n) is 31.1. The van der Waals surface area contributed by atoms with Crippen LogP contribution < -0.4 is 0 Å². The molecule has 0 aromatic rings. The van der Waals surface area contributed by atoms with Crippen molar-refractivity contribution in [1.82, 2.24) is 0 Å². The highest BCUT2D eigenvalue weighted by molar-refractivity contribution is 5.71. The summed E-state index contributed by atoms with van der Waals surface area (Å²) in [6, 6.07) is 0. The molecule has 0 saturated carbocycles. The lowest BCUT2D eigenvalue weighted by Gasteiger charge is -2.18. The molecule has 0 N–H and O–H groups in total. The molecule has 0 aromatic carbocycles. The summed E-state index contributed by atoms with van der Waals surface area (Å²) in [5, 5.41) is 0. The Morgan fingerprint density at radius 2 is 0.534 bits per heavy atom. The van der Waals surface area contributed by atoms with Crippen molar-refractivity contribution in [1.29, 1.82) is 0 Å². The average Bonchev–Trinajstić information content (AvgIpc) is 3.39. The van der Waals surface area contributed by atoms with Gasteiger partial charge in [0.2, 0.25) is 0 Å². The number of ether oxygens (including phenoxy) is 3. The van der Waals surface area contributed by atoms with Gasteiger partial charge in [-0.1, -0.05) is 266 Å². The van der Waals surface area contributed by atoms with Gasteiger partial charge in [0.05, 0.1) is 0 Å². The molecular weight excluding hydrogens is 901 g/mol. The monoisotopic (exact) mass is 1020 g/mol. The van der Waals surface area contributed by atoms with Crippen LogP contribution >= 0.6 is 0 Å². The van der Waals surface area contributed by atoms with Crippen LogP contribution in [0.15, 0.2) is 85.1 Å². The van der Waals surface area contributed by atoms with Crippen molar-refractivity contribution in [3.05, 3.63) is 85.1 Å². The van der Waals surface area contributed by atoms with Crippen LogP contribution in [0.4, 0.5) is 0 Å². The van der Waals surface area contributed by atoms with Crippen LogP contribution in [-0.4, -0.2) is 37.2 Å².